The molecule has 3 rings (SSSR count). The van der Waals surface area contributed by atoms with E-state index in [2.05, 4.69) is 23.7 Å². The number of ether oxygens (including phenoxy) is 3. The van der Waals surface area contributed by atoms with Crippen LogP contribution < -0.4 is 9.64 Å². The number of benzene rings is 1. The number of carbonyl (C=O) groups excluding carboxylic acids is 1. The topological polar surface area (TPSA) is 64.1 Å². The van der Waals surface area contributed by atoms with Crippen LogP contribution in [-0.2, 0) is 14.3 Å². The number of anilines is 1. The minimum absolute atomic E-state index is 0. The molecule has 0 atom stereocenters. The number of thiazole rings is 1. The van der Waals surface area contributed by atoms with Crippen LogP contribution in [0.1, 0.15) is 13.8 Å². The van der Waals surface area contributed by atoms with Crippen molar-refractivity contribution >= 4 is 45.0 Å². The predicted molar refractivity (Wildman–Crippen MR) is 114 cm³/mol. The predicted octanol–water partition coefficient (Wildman–Crippen LogP) is 3.29. The van der Waals surface area contributed by atoms with E-state index < -0.39 is 0 Å². The number of hydrogen-bond donors (Lipinski definition) is 0. The largest absolute Gasteiger partial charge is 0.497 e. The smallest absolute Gasteiger partial charge is 0.298 e. The summed E-state index contributed by atoms with van der Waals surface area (Å²) in [4.78, 5) is 21.7. The summed E-state index contributed by atoms with van der Waals surface area (Å²) in [5, 5.41) is 0.644. The van der Waals surface area contributed by atoms with E-state index in [1.54, 1.807) is 12.0 Å². The number of aromatic nitrogens is 1. The quantitative estimate of drug-likeness (QED) is 0.644. The standard InChI is InChI=1S/C19H25N3O4S.ClH/c1-4-21(5-2)8-9-22(18(23)16-13-25-10-11-26-16)19-20-15-7-6-14(24-3)12-17(15)27-19;/h6-7,12-13H,4-5,8-11H2,1-3H3;1H. The van der Waals surface area contributed by atoms with Gasteiger partial charge in [0, 0.05) is 13.1 Å². The van der Waals surface area contributed by atoms with E-state index in [0.29, 0.717) is 24.9 Å². The lowest BCUT2D eigenvalue weighted by atomic mass is 10.3. The zero-order valence-electron chi connectivity index (χ0n) is 16.3. The lowest BCUT2D eigenvalue weighted by Gasteiger charge is -2.26. The first-order chi connectivity index (χ1) is 13.2. The number of amides is 1. The number of likely N-dealkylation sites (N-methyl/N-ethyl adjacent to an activating group) is 1. The number of halogens is 1. The molecule has 2 aromatic rings. The summed E-state index contributed by atoms with van der Waals surface area (Å²) in [5.41, 5.74) is 0.839. The molecule has 28 heavy (non-hydrogen) atoms. The molecule has 7 nitrogen and oxygen atoms in total. The number of carbonyl (C=O) groups is 1. The second-order valence-electron chi connectivity index (χ2n) is 6.02. The number of methoxy groups -OCH3 is 1. The first kappa shape index (κ1) is 22.3. The normalized spacial score (nSPS) is 13.4. The Labute approximate surface area is 175 Å². The van der Waals surface area contributed by atoms with E-state index in [1.165, 1.54) is 17.6 Å². The summed E-state index contributed by atoms with van der Waals surface area (Å²) in [6.07, 6.45) is 1.40. The van der Waals surface area contributed by atoms with Gasteiger partial charge in [0.25, 0.3) is 5.91 Å². The summed E-state index contributed by atoms with van der Waals surface area (Å²) < 4.78 is 17.0. The third kappa shape index (κ3) is 5.06. The van der Waals surface area contributed by atoms with Crippen LogP contribution in [0, 0.1) is 0 Å². The fourth-order valence-electron chi connectivity index (χ4n) is 2.81. The molecule has 0 radical (unpaired) electrons. The lowest BCUT2D eigenvalue weighted by Crippen LogP contribution is -2.40. The van der Waals surface area contributed by atoms with Gasteiger partial charge in [0.1, 0.15) is 25.2 Å². The lowest BCUT2D eigenvalue weighted by molar-refractivity contribution is -0.119. The molecular weight excluding hydrogens is 402 g/mol. The Bertz CT molecular complexity index is 823. The maximum atomic E-state index is 13.1. The van der Waals surface area contributed by atoms with Crippen LogP contribution in [-0.4, -0.2) is 62.3 Å². The maximum absolute atomic E-state index is 13.1. The van der Waals surface area contributed by atoms with Crippen molar-refractivity contribution in [1.29, 1.82) is 0 Å². The van der Waals surface area contributed by atoms with Crippen molar-refractivity contribution in [2.24, 2.45) is 0 Å². The van der Waals surface area contributed by atoms with Crippen molar-refractivity contribution < 1.29 is 19.0 Å². The number of fused-ring (bicyclic) bond motifs is 1. The first-order valence-electron chi connectivity index (χ1n) is 9.09. The van der Waals surface area contributed by atoms with E-state index in [0.717, 1.165) is 35.6 Å². The SMILES string of the molecule is CCN(CC)CCN(C(=O)C1=COCCO1)c1nc2ccc(OC)cc2s1.Cl. The molecule has 1 aliphatic rings. The van der Waals surface area contributed by atoms with Crippen LogP contribution in [0.4, 0.5) is 5.13 Å². The van der Waals surface area contributed by atoms with Crippen LogP contribution >= 0.6 is 23.7 Å². The second kappa shape index (κ2) is 10.5. The fourth-order valence-corrected chi connectivity index (χ4v) is 3.83. The Hall–Kier alpha value is -2.03. The van der Waals surface area contributed by atoms with Crippen LogP contribution in [0.2, 0.25) is 0 Å². The highest BCUT2D eigenvalue weighted by molar-refractivity contribution is 7.22. The van der Waals surface area contributed by atoms with Crippen molar-refractivity contribution in [3.8, 4) is 5.75 Å². The Kier molecular flexibility index (Phi) is 8.35. The summed E-state index contributed by atoms with van der Waals surface area (Å²) in [7, 11) is 1.63. The molecule has 0 saturated carbocycles. The molecule has 0 bridgehead atoms. The molecule has 1 aliphatic heterocycles. The minimum Gasteiger partial charge on any atom is -0.497 e. The highest BCUT2D eigenvalue weighted by atomic mass is 35.5. The monoisotopic (exact) mass is 427 g/mol. The van der Waals surface area contributed by atoms with Gasteiger partial charge in [-0.25, -0.2) is 4.98 Å². The Balaban J connectivity index is 0.00000280. The van der Waals surface area contributed by atoms with Crippen molar-refractivity contribution in [2.75, 3.05) is 51.4 Å². The molecule has 0 spiro atoms. The molecule has 1 amide bonds. The molecule has 154 valence electrons. The van der Waals surface area contributed by atoms with Gasteiger partial charge in [-0.1, -0.05) is 25.2 Å². The average molecular weight is 428 g/mol. The second-order valence-corrected chi connectivity index (χ2v) is 7.02. The van der Waals surface area contributed by atoms with E-state index in [1.807, 2.05) is 18.2 Å². The molecule has 9 heteroatoms. The third-order valence-electron chi connectivity index (χ3n) is 4.45. The molecule has 0 fully saturated rings. The third-order valence-corrected chi connectivity index (χ3v) is 5.50. The molecule has 0 aliphatic carbocycles. The fraction of sp³-hybridized carbons (Fsp3) is 0.474. The van der Waals surface area contributed by atoms with Gasteiger partial charge >= 0.3 is 0 Å². The van der Waals surface area contributed by atoms with E-state index >= 15 is 0 Å². The number of nitrogens with zero attached hydrogens (tertiary/aromatic N) is 3. The van der Waals surface area contributed by atoms with Crippen LogP contribution in [0.5, 0.6) is 5.75 Å². The summed E-state index contributed by atoms with van der Waals surface area (Å²) in [6, 6.07) is 5.71. The van der Waals surface area contributed by atoms with Crippen molar-refractivity contribution in [3.05, 3.63) is 30.2 Å². The summed E-state index contributed by atoms with van der Waals surface area (Å²) in [5.74, 6) is 0.760. The van der Waals surface area contributed by atoms with Crippen molar-refractivity contribution in [2.45, 2.75) is 13.8 Å². The van der Waals surface area contributed by atoms with E-state index in [4.69, 9.17) is 14.2 Å². The molecule has 1 aromatic heterocycles. The zero-order valence-corrected chi connectivity index (χ0v) is 18.0. The van der Waals surface area contributed by atoms with Gasteiger partial charge < -0.3 is 19.1 Å². The molecule has 2 heterocycles. The molecule has 0 N–H and O–H groups in total. The minimum atomic E-state index is -0.229. The van der Waals surface area contributed by atoms with Gasteiger partial charge in [0.15, 0.2) is 5.13 Å². The van der Waals surface area contributed by atoms with Gasteiger partial charge in [-0.3, -0.25) is 9.69 Å². The van der Waals surface area contributed by atoms with E-state index in [9.17, 15) is 4.79 Å². The molecular formula is C19H26ClN3O4S. The maximum Gasteiger partial charge on any atom is 0.298 e. The zero-order chi connectivity index (χ0) is 19.2. The number of hydrogen-bond acceptors (Lipinski definition) is 7. The first-order valence-corrected chi connectivity index (χ1v) is 9.91. The summed E-state index contributed by atoms with van der Waals surface area (Å²) >= 11 is 1.47. The van der Waals surface area contributed by atoms with Gasteiger partial charge in [-0.05, 0) is 31.3 Å². The van der Waals surface area contributed by atoms with Crippen LogP contribution in [0.25, 0.3) is 10.2 Å². The van der Waals surface area contributed by atoms with Gasteiger partial charge in [-0.15, -0.1) is 12.4 Å². The Morgan fingerprint density at radius 3 is 2.68 bits per heavy atom. The van der Waals surface area contributed by atoms with Crippen LogP contribution in [0.3, 0.4) is 0 Å². The van der Waals surface area contributed by atoms with Gasteiger partial charge in [0.05, 0.1) is 17.3 Å². The van der Waals surface area contributed by atoms with E-state index in [-0.39, 0.29) is 24.1 Å². The molecule has 0 unspecified atom stereocenters. The highest BCUT2D eigenvalue weighted by Gasteiger charge is 2.26. The Morgan fingerprint density at radius 2 is 2.04 bits per heavy atom. The van der Waals surface area contributed by atoms with Crippen molar-refractivity contribution in [3.63, 3.8) is 0 Å². The van der Waals surface area contributed by atoms with Crippen LogP contribution in [0.15, 0.2) is 30.2 Å². The van der Waals surface area contributed by atoms with Crippen molar-refractivity contribution in [1.82, 2.24) is 9.88 Å². The summed E-state index contributed by atoms with van der Waals surface area (Å²) in [6.45, 7) is 8.19. The molecule has 0 saturated heterocycles. The average Bonchev–Trinajstić information content (AvgIpc) is 3.14. The number of rotatable bonds is 8. The molecule has 1 aromatic carbocycles. The van der Waals surface area contributed by atoms with Gasteiger partial charge in [-0.2, -0.15) is 0 Å². The highest BCUT2D eigenvalue weighted by Crippen LogP contribution is 2.32. The Morgan fingerprint density at radius 1 is 1.25 bits per heavy atom. The van der Waals surface area contributed by atoms with Gasteiger partial charge in [0.2, 0.25) is 5.76 Å².